The molecule has 0 fully saturated rings. The van der Waals surface area contributed by atoms with Crippen LogP contribution in [0.15, 0.2) is 85.5 Å². The molecule has 13 heteroatoms. The number of imidazole rings is 1. The lowest BCUT2D eigenvalue weighted by Gasteiger charge is -2.16. The van der Waals surface area contributed by atoms with Gasteiger partial charge in [-0.1, -0.05) is 6.07 Å². The number of halogens is 3. The molecule has 7 rings (SSSR count). The van der Waals surface area contributed by atoms with Crippen LogP contribution in [-0.4, -0.2) is 40.6 Å². The molecule has 43 heavy (non-hydrogen) atoms. The number of alkyl halides is 3. The Balaban J connectivity index is 1.22. The highest BCUT2D eigenvalue weighted by atomic mass is 19.4. The van der Waals surface area contributed by atoms with Crippen molar-refractivity contribution >= 4 is 17.0 Å². The number of nitrogens with two attached hydrogens (primary N) is 1. The maximum atomic E-state index is 12.6. The van der Waals surface area contributed by atoms with Crippen molar-refractivity contribution in [1.82, 2.24) is 39.6 Å². The number of nitrogen functional groups attached to an aromatic ring is 1. The first kappa shape index (κ1) is 26.6. The topological polar surface area (TPSA) is 122 Å². The van der Waals surface area contributed by atoms with E-state index in [1.54, 1.807) is 23.1 Å². The van der Waals surface area contributed by atoms with Crippen LogP contribution in [0.2, 0.25) is 0 Å². The maximum absolute atomic E-state index is 12.6. The lowest BCUT2D eigenvalue weighted by Crippen LogP contribution is -2.20. The molecule has 3 N–H and O–H groups in total. The minimum atomic E-state index is -4.79. The Bertz CT molecular complexity index is 1940. The number of ether oxygens (including phenoxy) is 1. The Morgan fingerprint density at radius 3 is 2.70 bits per heavy atom. The number of benzene rings is 1. The SMILES string of the molecule is Nc1ncccc1-c1nc2ccc(-n3cccn3)nc2n1-c1ccc2c(c1)CC[C@@H]2NCc1ccnc(OC(F)(F)F)c1. The molecule has 1 aliphatic rings. The number of hydrogen-bond donors (Lipinski definition) is 2. The Kier molecular flexibility index (Phi) is 6.50. The van der Waals surface area contributed by atoms with E-state index in [1.807, 2.05) is 47.2 Å². The molecule has 5 heterocycles. The zero-order valence-corrected chi connectivity index (χ0v) is 22.5. The lowest BCUT2D eigenvalue weighted by atomic mass is 10.1. The number of nitrogens with zero attached hydrogens (tertiary/aromatic N) is 7. The first-order chi connectivity index (χ1) is 20.8. The molecule has 5 aromatic heterocycles. The van der Waals surface area contributed by atoms with Gasteiger partial charge in [0, 0.05) is 49.1 Å². The third-order valence-electron chi connectivity index (χ3n) is 7.34. The number of fused-ring (bicyclic) bond motifs is 2. The predicted octanol–water partition coefficient (Wildman–Crippen LogP) is 5.32. The number of pyridine rings is 3. The summed E-state index contributed by atoms with van der Waals surface area (Å²) in [5.41, 5.74) is 12.1. The molecular weight excluding hydrogens is 559 g/mol. The largest absolute Gasteiger partial charge is 0.574 e. The van der Waals surface area contributed by atoms with Gasteiger partial charge in [-0.25, -0.2) is 24.6 Å². The Morgan fingerprint density at radius 2 is 1.88 bits per heavy atom. The molecule has 0 saturated heterocycles. The average molecular weight is 584 g/mol. The normalized spacial score (nSPS) is 14.7. The van der Waals surface area contributed by atoms with Crippen LogP contribution in [0.3, 0.4) is 0 Å². The molecule has 1 aliphatic carbocycles. The number of hydrogen-bond acceptors (Lipinski definition) is 8. The lowest BCUT2D eigenvalue weighted by molar-refractivity contribution is -0.276. The molecule has 0 radical (unpaired) electrons. The summed E-state index contributed by atoms with van der Waals surface area (Å²) in [6.45, 7) is 0.360. The van der Waals surface area contributed by atoms with E-state index in [9.17, 15) is 13.2 Å². The van der Waals surface area contributed by atoms with E-state index in [1.165, 1.54) is 12.3 Å². The van der Waals surface area contributed by atoms with Crippen LogP contribution in [0, 0.1) is 0 Å². The fraction of sp³-hybridized carbons (Fsp3) is 0.167. The highest BCUT2D eigenvalue weighted by molar-refractivity contribution is 5.83. The van der Waals surface area contributed by atoms with Crippen LogP contribution < -0.4 is 15.8 Å². The fourth-order valence-corrected chi connectivity index (χ4v) is 5.44. The van der Waals surface area contributed by atoms with Gasteiger partial charge in [0.25, 0.3) is 0 Å². The van der Waals surface area contributed by atoms with Gasteiger partial charge in [-0.15, -0.1) is 13.2 Å². The summed E-state index contributed by atoms with van der Waals surface area (Å²) >= 11 is 0. The second kappa shape index (κ2) is 10.5. The van der Waals surface area contributed by atoms with Gasteiger partial charge in [-0.2, -0.15) is 5.10 Å². The molecule has 6 aromatic rings. The molecule has 1 aromatic carbocycles. The summed E-state index contributed by atoms with van der Waals surface area (Å²) in [6, 6.07) is 18.5. The Morgan fingerprint density at radius 1 is 0.977 bits per heavy atom. The maximum Gasteiger partial charge on any atom is 0.574 e. The molecule has 0 saturated carbocycles. The molecule has 0 unspecified atom stereocenters. The number of aryl methyl sites for hydroxylation is 1. The van der Waals surface area contributed by atoms with Crippen molar-refractivity contribution in [2.75, 3.05) is 5.73 Å². The van der Waals surface area contributed by atoms with Crippen molar-refractivity contribution in [3.05, 3.63) is 102 Å². The predicted molar refractivity (Wildman–Crippen MR) is 152 cm³/mol. The van der Waals surface area contributed by atoms with E-state index in [4.69, 9.17) is 15.7 Å². The van der Waals surface area contributed by atoms with Crippen LogP contribution in [0.1, 0.15) is 29.2 Å². The summed E-state index contributed by atoms with van der Waals surface area (Å²) in [5.74, 6) is 1.14. The second-order valence-corrected chi connectivity index (χ2v) is 10.1. The van der Waals surface area contributed by atoms with Crippen molar-refractivity contribution < 1.29 is 17.9 Å². The fourth-order valence-electron chi connectivity index (χ4n) is 5.44. The third-order valence-corrected chi connectivity index (χ3v) is 7.34. The van der Waals surface area contributed by atoms with E-state index in [0.717, 1.165) is 29.7 Å². The Labute approximate surface area is 243 Å². The molecule has 0 bridgehead atoms. The number of nitrogens with one attached hydrogen (secondary N) is 1. The number of rotatable bonds is 7. The van der Waals surface area contributed by atoms with Crippen LogP contribution in [0.5, 0.6) is 5.88 Å². The summed E-state index contributed by atoms with van der Waals surface area (Å²) in [6.07, 6.45) is 3.33. The van der Waals surface area contributed by atoms with Gasteiger partial charge in [0.2, 0.25) is 5.88 Å². The zero-order chi connectivity index (χ0) is 29.6. The minimum absolute atomic E-state index is 0.0294. The first-order valence-electron chi connectivity index (χ1n) is 13.5. The Hall–Kier alpha value is -5.30. The zero-order valence-electron chi connectivity index (χ0n) is 22.5. The smallest absolute Gasteiger partial charge is 0.388 e. The number of anilines is 1. The molecule has 0 aliphatic heterocycles. The highest BCUT2D eigenvalue weighted by Crippen LogP contribution is 2.36. The van der Waals surface area contributed by atoms with E-state index < -0.39 is 12.2 Å². The van der Waals surface area contributed by atoms with Crippen LogP contribution >= 0.6 is 0 Å². The van der Waals surface area contributed by atoms with E-state index in [-0.39, 0.29) is 6.04 Å². The van der Waals surface area contributed by atoms with Crippen LogP contribution in [0.4, 0.5) is 19.0 Å². The van der Waals surface area contributed by atoms with Crippen molar-refractivity contribution in [1.29, 1.82) is 0 Å². The molecule has 1 atom stereocenters. The van der Waals surface area contributed by atoms with Gasteiger partial charge >= 0.3 is 6.36 Å². The standard InChI is InChI=1S/C30H24F3N9O/c31-30(32,33)43-26-15-18(10-13-35-26)17-37-23-7-4-19-16-20(5-6-21(19)23)42-28(22-3-1-11-36-27(22)34)39-24-8-9-25(40-29(24)42)41-14-2-12-38-41/h1-3,5-6,8-16,23,37H,4,7,17H2,(H2,34,36)/t23-/m0/s1. The van der Waals surface area contributed by atoms with E-state index >= 15 is 0 Å². The third kappa shape index (κ3) is 5.26. The van der Waals surface area contributed by atoms with Crippen molar-refractivity contribution in [3.63, 3.8) is 0 Å². The molecular formula is C30H24F3N9O. The summed E-state index contributed by atoms with van der Waals surface area (Å²) in [7, 11) is 0. The molecule has 0 spiro atoms. The molecule has 0 amide bonds. The van der Waals surface area contributed by atoms with Gasteiger partial charge in [-0.3, -0.25) is 4.57 Å². The monoisotopic (exact) mass is 583 g/mol. The van der Waals surface area contributed by atoms with Crippen molar-refractivity contribution in [3.8, 4) is 28.8 Å². The second-order valence-electron chi connectivity index (χ2n) is 10.1. The van der Waals surface area contributed by atoms with Gasteiger partial charge in [-0.05, 0) is 78.1 Å². The van der Waals surface area contributed by atoms with Gasteiger partial charge in [0.15, 0.2) is 17.3 Å². The molecule has 216 valence electrons. The quantitative estimate of drug-likeness (QED) is 0.259. The summed E-state index contributed by atoms with van der Waals surface area (Å²) in [4.78, 5) is 17.7. The van der Waals surface area contributed by atoms with Crippen molar-refractivity contribution in [2.45, 2.75) is 31.8 Å². The first-order valence-corrected chi connectivity index (χ1v) is 13.5. The van der Waals surface area contributed by atoms with Crippen LogP contribution in [-0.2, 0) is 13.0 Å². The van der Waals surface area contributed by atoms with E-state index in [2.05, 4.69) is 37.3 Å². The van der Waals surface area contributed by atoms with Gasteiger partial charge in [0.1, 0.15) is 11.3 Å². The average Bonchev–Trinajstić information content (AvgIpc) is 3.74. The van der Waals surface area contributed by atoms with E-state index in [0.29, 0.717) is 46.3 Å². The summed E-state index contributed by atoms with van der Waals surface area (Å²) < 4.78 is 45.5. The van der Waals surface area contributed by atoms with Gasteiger partial charge in [0.05, 0.1) is 5.56 Å². The summed E-state index contributed by atoms with van der Waals surface area (Å²) in [5, 5.41) is 7.78. The molecule has 10 nitrogen and oxygen atoms in total. The van der Waals surface area contributed by atoms with Crippen molar-refractivity contribution in [2.24, 2.45) is 0 Å². The van der Waals surface area contributed by atoms with Gasteiger partial charge < -0.3 is 15.8 Å². The number of aromatic nitrogens is 7. The highest BCUT2D eigenvalue weighted by Gasteiger charge is 2.32. The van der Waals surface area contributed by atoms with Crippen LogP contribution in [0.25, 0.3) is 34.1 Å². The minimum Gasteiger partial charge on any atom is -0.388 e.